The molecule has 0 aliphatic carbocycles. The number of methoxy groups -OCH3 is 1. The van der Waals surface area contributed by atoms with Crippen molar-refractivity contribution in [1.82, 2.24) is 9.88 Å². The number of rotatable bonds is 5. The number of nitrogens with two attached hydrogens (primary N) is 1. The fraction of sp³-hybridized carbons (Fsp3) is 0.190. The Balaban J connectivity index is 1.86. The maximum atomic E-state index is 13.5. The zero-order valence-corrected chi connectivity index (χ0v) is 16.8. The lowest BCUT2D eigenvalue weighted by Crippen LogP contribution is -2.59. The van der Waals surface area contributed by atoms with Gasteiger partial charge in [-0.3, -0.25) is 24.1 Å². The van der Waals surface area contributed by atoms with Gasteiger partial charge in [0.15, 0.2) is 5.41 Å². The largest absolute Gasteiger partial charge is 0.468 e. The number of imide groups is 1. The number of aromatic nitrogens is 1. The summed E-state index contributed by atoms with van der Waals surface area (Å²) >= 11 is 1.34. The molecular weight excluding hydrogens is 406 g/mol. The number of benzene rings is 2. The van der Waals surface area contributed by atoms with Crippen molar-refractivity contribution in [2.24, 2.45) is 5.73 Å². The Morgan fingerprint density at radius 2 is 1.83 bits per heavy atom. The van der Waals surface area contributed by atoms with Gasteiger partial charge in [-0.15, -0.1) is 11.3 Å². The molecule has 2 aromatic carbocycles. The number of carbonyl (C=O) groups excluding carboxylic acids is 4. The van der Waals surface area contributed by atoms with Crippen molar-refractivity contribution < 1.29 is 23.9 Å². The lowest BCUT2D eigenvalue weighted by Gasteiger charge is -2.38. The molecule has 0 saturated heterocycles. The monoisotopic (exact) mass is 423 g/mol. The van der Waals surface area contributed by atoms with E-state index < -0.39 is 35.5 Å². The summed E-state index contributed by atoms with van der Waals surface area (Å²) in [7, 11) is 1.12. The van der Waals surface area contributed by atoms with Crippen molar-refractivity contribution in [3.63, 3.8) is 0 Å². The molecule has 1 aliphatic heterocycles. The highest BCUT2D eigenvalue weighted by Crippen LogP contribution is 2.40. The number of hydrogen-bond donors (Lipinski definition) is 1. The molecule has 2 heterocycles. The zero-order valence-electron chi connectivity index (χ0n) is 16.0. The summed E-state index contributed by atoms with van der Waals surface area (Å²) in [6.07, 6.45) is -0.612. The summed E-state index contributed by atoms with van der Waals surface area (Å²) in [6, 6.07) is 13.6. The Bertz CT molecular complexity index is 1170. The molecule has 0 spiro atoms. The maximum absolute atomic E-state index is 13.5. The average molecular weight is 423 g/mol. The molecule has 3 aromatic rings. The predicted molar refractivity (Wildman–Crippen MR) is 108 cm³/mol. The van der Waals surface area contributed by atoms with Crippen LogP contribution in [-0.2, 0) is 31.1 Å². The summed E-state index contributed by atoms with van der Waals surface area (Å²) in [5, 5.41) is 0.523. The van der Waals surface area contributed by atoms with Gasteiger partial charge in [0.25, 0.3) is 11.8 Å². The number of para-hydroxylation sites is 1. The Morgan fingerprint density at radius 3 is 2.53 bits per heavy atom. The highest BCUT2D eigenvalue weighted by Gasteiger charge is 2.57. The van der Waals surface area contributed by atoms with E-state index >= 15 is 0 Å². The van der Waals surface area contributed by atoms with Crippen LogP contribution in [0.25, 0.3) is 10.2 Å². The standard InChI is InChI=1S/C21H17N3O5S/c1-29-20(28)21(10-16(22)25)13-7-3-2-6-12(13)18(26)24(19(21)27)11-17-23-14-8-4-5-9-15(14)30-17/h2-9H,10-11H2,1H3,(H2,22,25). The van der Waals surface area contributed by atoms with Crippen LogP contribution >= 0.6 is 11.3 Å². The van der Waals surface area contributed by atoms with Crippen LogP contribution in [-0.4, -0.2) is 40.7 Å². The molecule has 1 atom stereocenters. The van der Waals surface area contributed by atoms with Gasteiger partial charge in [-0.05, 0) is 23.8 Å². The third-order valence-corrected chi connectivity index (χ3v) is 6.10. The molecule has 3 amide bonds. The van der Waals surface area contributed by atoms with E-state index in [9.17, 15) is 19.2 Å². The minimum absolute atomic E-state index is 0.117. The van der Waals surface area contributed by atoms with E-state index in [2.05, 4.69) is 4.98 Å². The molecule has 1 aromatic heterocycles. The molecular formula is C21H17N3O5S. The van der Waals surface area contributed by atoms with Gasteiger partial charge in [-0.25, -0.2) is 4.98 Å². The molecule has 9 heteroatoms. The molecule has 0 bridgehead atoms. The van der Waals surface area contributed by atoms with Crippen LogP contribution in [0.15, 0.2) is 48.5 Å². The summed E-state index contributed by atoms with van der Waals surface area (Å²) in [6.45, 7) is -0.136. The lowest BCUT2D eigenvalue weighted by molar-refractivity contribution is -0.158. The fourth-order valence-corrected chi connectivity index (χ4v) is 4.72. The first-order valence-corrected chi connectivity index (χ1v) is 9.87. The second-order valence-electron chi connectivity index (χ2n) is 6.86. The number of amides is 3. The van der Waals surface area contributed by atoms with Crippen molar-refractivity contribution in [1.29, 1.82) is 0 Å². The van der Waals surface area contributed by atoms with E-state index in [4.69, 9.17) is 10.5 Å². The van der Waals surface area contributed by atoms with Crippen LogP contribution in [0.5, 0.6) is 0 Å². The van der Waals surface area contributed by atoms with Crippen LogP contribution in [0.2, 0.25) is 0 Å². The first kappa shape index (κ1) is 19.7. The van der Waals surface area contributed by atoms with Gasteiger partial charge in [0.2, 0.25) is 5.91 Å². The predicted octanol–water partition coefficient (Wildman–Crippen LogP) is 1.77. The minimum atomic E-state index is -2.03. The molecule has 152 valence electrons. The molecule has 1 unspecified atom stereocenters. The normalized spacial score (nSPS) is 18.4. The molecule has 8 nitrogen and oxygen atoms in total. The third-order valence-electron chi connectivity index (χ3n) is 5.08. The number of ether oxygens (including phenoxy) is 1. The number of thiazole rings is 1. The van der Waals surface area contributed by atoms with Gasteiger partial charge in [-0.2, -0.15) is 0 Å². The molecule has 0 saturated carbocycles. The van der Waals surface area contributed by atoms with Gasteiger partial charge in [0, 0.05) is 5.56 Å². The van der Waals surface area contributed by atoms with Crippen LogP contribution in [0.4, 0.5) is 0 Å². The van der Waals surface area contributed by atoms with E-state index in [1.54, 1.807) is 12.1 Å². The molecule has 4 rings (SSSR count). The maximum Gasteiger partial charge on any atom is 0.326 e. The molecule has 0 fully saturated rings. The lowest BCUT2D eigenvalue weighted by atomic mass is 9.71. The summed E-state index contributed by atoms with van der Waals surface area (Å²) in [5.41, 5.74) is 4.37. The summed E-state index contributed by atoms with van der Waals surface area (Å²) in [4.78, 5) is 56.8. The van der Waals surface area contributed by atoms with E-state index in [1.165, 1.54) is 23.5 Å². The van der Waals surface area contributed by atoms with Gasteiger partial charge >= 0.3 is 5.97 Å². The van der Waals surface area contributed by atoms with Crippen molar-refractivity contribution in [2.75, 3.05) is 7.11 Å². The molecule has 1 aliphatic rings. The second kappa shape index (κ2) is 7.34. The van der Waals surface area contributed by atoms with Gasteiger partial charge in [-0.1, -0.05) is 30.3 Å². The number of nitrogens with zero attached hydrogens (tertiary/aromatic N) is 2. The topological polar surface area (TPSA) is 120 Å². The summed E-state index contributed by atoms with van der Waals surface area (Å²) < 4.78 is 5.79. The van der Waals surface area contributed by atoms with E-state index in [0.29, 0.717) is 5.01 Å². The molecule has 2 N–H and O–H groups in total. The van der Waals surface area contributed by atoms with Crippen molar-refractivity contribution in [2.45, 2.75) is 18.4 Å². The molecule has 30 heavy (non-hydrogen) atoms. The number of primary amides is 1. The van der Waals surface area contributed by atoms with Crippen molar-refractivity contribution in [3.05, 3.63) is 64.7 Å². The number of hydrogen-bond acceptors (Lipinski definition) is 7. The highest BCUT2D eigenvalue weighted by atomic mass is 32.1. The van der Waals surface area contributed by atoms with E-state index in [0.717, 1.165) is 22.2 Å². The molecule has 0 radical (unpaired) electrons. The zero-order chi connectivity index (χ0) is 21.5. The van der Waals surface area contributed by atoms with Gasteiger partial charge < -0.3 is 10.5 Å². The number of fused-ring (bicyclic) bond motifs is 2. The number of esters is 1. The Kier molecular flexibility index (Phi) is 4.83. The first-order chi connectivity index (χ1) is 14.4. The fourth-order valence-electron chi connectivity index (χ4n) is 3.77. The SMILES string of the molecule is COC(=O)C1(CC(N)=O)C(=O)N(Cc2nc3ccccc3s2)C(=O)c2ccccc21. The van der Waals surface area contributed by atoms with Crippen LogP contribution in [0, 0.1) is 0 Å². The Labute approximate surface area is 175 Å². The second-order valence-corrected chi connectivity index (χ2v) is 7.97. The number of carbonyl (C=O) groups is 4. The van der Waals surface area contributed by atoms with Crippen LogP contribution < -0.4 is 5.73 Å². The van der Waals surface area contributed by atoms with Gasteiger partial charge in [0.05, 0.1) is 30.3 Å². The van der Waals surface area contributed by atoms with E-state index in [1.807, 2.05) is 24.3 Å². The Hall–Kier alpha value is -3.59. The van der Waals surface area contributed by atoms with Crippen molar-refractivity contribution >= 4 is 45.2 Å². The average Bonchev–Trinajstić information content (AvgIpc) is 3.16. The third kappa shape index (κ3) is 2.94. The minimum Gasteiger partial charge on any atom is -0.468 e. The highest BCUT2D eigenvalue weighted by molar-refractivity contribution is 7.18. The van der Waals surface area contributed by atoms with Crippen LogP contribution in [0.1, 0.15) is 27.3 Å². The van der Waals surface area contributed by atoms with Crippen molar-refractivity contribution in [3.8, 4) is 0 Å². The Morgan fingerprint density at radius 1 is 1.13 bits per heavy atom. The quantitative estimate of drug-likeness (QED) is 0.379. The smallest absolute Gasteiger partial charge is 0.326 e. The van der Waals surface area contributed by atoms with Crippen LogP contribution in [0.3, 0.4) is 0 Å². The summed E-state index contributed by atoms with van der Waals surface area (Å²) in [5.74, 6) is -3.23. The van der Waals surface area contributed by atoms with Gasteiger partial charge in [0.1, 0.15) is 5.01 Å². The first-order valence-electron chi connectivity index (χ1n) is 9.05. The van der Waals surface area contributed by atoms with E-state index in [-0.39, 0.29) is 17.7 Å².